The Hall–Kier alpha value is -0.550. The van der Waals surface area contributed by atoms with Crippen molar-refractivity contribution < 1.29 is 0 Å². The Morgan fingerprint density at radius 3 is 2.92 bits per heavy atom. The Morgan fingerprint density at radius 2 is 2.42 bits per heavy atom. The fraction of sp³-hybridized carbons (Fsp3) is 0.900. The van der Waals surface area contributed by atoms with Crippen LogP contribution < -0.4 is 0 Å². The largest absolute Gasteiger partial charge is 0.299 e. The molecule has 12 heavy (non-hydrogen) atoms. The third kappa shape index (κ3) is 2.22. The molecule has 0 aromatic rings. The van der Waals surface area contributed by atoms with E-state index in [2.05, 4.69) is 24.8 Å². The summed E-state index contributed by atoms with van der Waals surface area (Å²) in [5.41, 5.74) is 0. The lowest BCUT2D eigenvalue weighted by Crippen LogP contribution is -2.30. The molecule has 68 valence electrons. The summed E-state index contributed by atoms with van der Waals surface area (Å²) in [6.45, 7) is 6.61. The van der Waals surface area contributed by atoms with Gasteiger partial charge in [-0.25, -0.2) is 0 Å². The molecular formula is C10H18N2. The van der Waals surface area contributed by atoms with E-state index in [4.69, 9.17) is 5.26 Å². The second-order valence-corrected chi connectivity index (χ2v) is 3.75. The van der Waals surface area contributed by atoms with Gasteiger partial charge in [0.1, 0.15) is 0 Å². The van der Waals surface area contributed by atoms with E-state index >= 15 is 0 Å². The van der Waals surface area contributed by atoms with Crippen LogP contribution in [-0.4, -0.2) is 24.0 Å². The maximum absolute atomic E-state index is 8.72. The Morgan fingerprint density at radius 1 is 1.67 bits per heavy atom. The van der Waals surface area contributed by atoms with E-state index in [1.165, 1.54) is 12.8 Å². The highest BCUT2D eigenvalue weighted by molar-refractivity contribution is 4.91. The average Bonchev–Trinajstić information content (AvgIpc) is 2.52. The quantitative estimate of drug-likeness (QED) is 0.641. The lowest BCUT2D eigenvalue weighted by Gasteiger charge is -2.22. The first-order valence-electron chi connectivity index (χ1n) is 4.91. The van der Waals surface area contributed by atoms with E-state index in [1.54, 1.807) is 0 Å². The van der Waals surface area contributed by atoms with Crippen molar-refractivity contribution in [3.63, 3.8) is 0 Å². The molecule has 2 heteroatoms. The molecule has 1 fully saturated rings. The molecule has 2 nitrogen and oxygen atoms in total. The summed E-state index contributed by atoms with van der Waals surface area (Å²) in [5.74, 6) is 0.296. The van der Waals surface area contributed by atoms with Gasteiger partial charge in [-0.05, 0) is 26.3 Å². The van der Waals surface area contributed by atoms with Crippen molar-refractivity contribution >= 4 is 0 Å². The van der Waals surface area contributed by atoms with Gasteiger partial charge < -0.3 is 0 Å². The molecule has 1 saturated heterocycles. The molecule has 0 N–H and O–H groups in total. The van der Waals surface area contributed by atoms with Gasteiger partial charge in [-0.15, -0.1) is 0 Å². The predicted molar refractivity (Wildman–Crippen MR) is 49.7 cm³/mol. The second kappa shape index (κ2) is 4.47. The lowest BCUT2D eigenvalue weighted by atomic mass is 10.1. The zero-order valence-electron chi connectivity index (χ0n) is 8.08. The van der Waals surface area contributed by atoms with Crippen LogP contribution in [0, 0.1) is 17.2 Å². The van der Waals surface area contributed by atoms with Gasteiger partial charge in [0.15, 0.2) is 0 Å². The van der Waals surface area contributed by atoms with E-state index in [9.17, 15) is 0 Å². The molecule has 1 aliphatic rings. The van der Waals surface area contributed by atoms with E-state index in [0.717, 1.165) is 19.5 Å². The van der Waals surface area contributed by atoms with Gasteiger partial charge in [-0.2, -0.15) is 5.26 Å². The molecule has 1 heterocycles. The van der Waals surface area contributed by atoms with E-state index in [-0.39, 0.29) is 0 Å². The van der Waals surface area contributed by atoms with Crippen molar-refractivity contribution in [2.45, 2.75) is 39.2 Å². The molecule has 0 unspecified atom stereocenters. The maximum atomic E-state index is 8.72. The van der Waals surface area contributed by atoms with Gasteiger partial charge in [0, 0.05) is 12.6 Å². The zero-order chi connectivity index (χ0) is 8.97. The van der Waals surface area contributed by atoms with E-state index in [0.29, 0.717) is 12.0 Å². The monoisotopic (exact) mass is 166 g/mol. The first kappa shape index (κ1) is 9.54. The van der Waals surface area contributed by atoms with Crippen LogP contribution in [0.2, 0.25) is 0 Å². The zero-order valence-corrected chi connectivity index (χ0v) is 8.08. The van der Waals surface area contributed by atoms with Crippen molar-refractivity contribution in [2.24, 2.45) is 5.92 Å². The predicted octanol–water partition coefficient (Wildman–Crippen LogP) is 2.02. The second-order valence-electron chi connectivity index (χ2n) is 3.75. The fourth-order valence-corrected chi connectivity index (χ4v) is 1.89. The molecule has 0 radical (unpaired) electrons. The molecule has 0 amide bonds. The lowest BCUT2D eigenvalue weighted by molar-refractivity contribution is 0.241. The molecule has 0 saturated carbocycles. The smallest absolute Gasteiger partial charge is 0.0669 e. The van der Waals surface area contributed by atoms with Gasteiger partial charge in [0.2, 0.25) is 0 Å². The Balaban J connectivity index is 2.31. The summed E-state index contributed by atoms with van der Waals surface area (Å²) < 4.78 is 0. The van der Waals surface area contributed by atoms with Crippen LogP contribution in [0.25, 0.3) is 0 Å². The number of rotatable bonds is 3. The minimum Gasteiger partial charge on any atom is -0.299 e. The molecule has 0 aliphatic carbocycles. The van der Waals surface area contributed by atoms with Crippen LogP contribution in [0.5, 0.6) is 0 Å². The number of nitrogens with zero attached hydrogens (tertiary/aromatic N) is 2. The van der Waals surface area contributed by atoms with Crippen LogP contribution in [-0.2, 0) is 0 Å². The van der Waals surface area contributed by atoms with Crippen LogP contribution in [0.4, 0.5) is 0 Å². The first-order valence-corrected chi connectivity index (χ1v) is 4.91. The van der Waals surface area contributed by atoms with Gasteiger partial charge in [0.25, 0.3) is 0 Å². The molecular weight excluding hydrogens is 148 g/mol. The molecule has 0 bridgehead atoms. The molecule has 0 aromatic carbocycles. The van der Waals surface area contributed by atoms with Crippen molar-refractivity contribution in [2.75, 3.05) is 13.1 Å². The molecule has 0 spiro atoms. The molecule has 2 atom stereocenters. The summed E-state index contributed by atoms with van der Waals surface area (Å²) in [6.07, 6.45) is 3.58. The van der Waals surface area contributed by atoms with Crippen LogP contribution in [0.1, 0.15) is 33.1 Å². The number of hydrogen-bond donors (Lipinski definition) is 0. The highest BCUT2D eigenvalue weighted by Gasteiger charge is 2.24. The van der Waals surface area contributed by atoms with Gasteiger partial charge in [-0.1, -0.05) is 13.3 Å². The number of hydrogen-bond acceptors (Lipinski definition) is 2. The summed E-state index contributed by atoms with van der Waals surface area (Å²) >= 11 is 0. The SMILES string of the molecule is CCC[C@@H](C)N1CC[C@H](C#N)C1. The number of nitriles is 1. The van der Waals surface area contributed by atoms with Crippen LogP contribution in [0.15, 0.2) is 0 Å². The van der Waals surface area contributed by atoms with Gasteiger partial charge in [0.05, 0.1) is 12.0 Å². The molecule has 1 aliphatic heterocycles. The summed E-state index contributed by atoms with van der Waals surface area (Å²) in [6, 6.07) is 3.02. The summed E-state index contributed by atoms with van der Waals surface area (Å²) in [7, 11) is 0. The Bertz CT molecular complexity index is 171. The van der Waals surface area contributed by atoms with Crippen molar-refractivity contribution in [1.29, 1.82) is 5.26 Å². The topological polar surface area (TPSA) is 27.0 Å². The normalized spacial score (nSPS) is 26.9. The van der Waals surface area contributed by atoms with Gasteiger partial charge in [-0.3, -0.25) is 4.90 Å². The third-order valence-corrected chi connectivity index (χ3v) is 2.73. The minimum absolute atomic E-state index is 0.296. The maximum Gasteiger partial charge on any atom is 0.0669 e. The van der Waals surface area contributed by atoms with Crippen LogP contribution >= 0.6 is 0 Å². The van der Waals surface area contributed by atoms with Crippen molar-refractivity contribution in [3.05, 3.63) is 0 Å². The van der Waals surface area contributed by atoms with Crippen LogP contribution in [0.3, 0.4) is 0 Å². The Labute approximate surface area is 75.2 Å². The fourth-order valence-electron chi connectivity index (χ4n) is 1.89. The molecule has 0 aromatic heterocycles. The third-order valence-electron chi connectivity index (χ3n) is 2.73. The summed E-state index contributed by atoms with van der Waals surface area (Å²) in [4.78, 5) is 2.44. The first-order chi connectivity index (χ1) is 5.77. The minimum atomic E-state index is 0.296. The highest BCUT2D eigenvalue weighted by Crippen LogP contribution is 2.19. The van der Waals surface area contributed by atoms with E-state index in [1.807, 2.05) is 0 Å². The highest BCUT2D eigenvalue weighted by atomic mass is 15.2. The summed E-state index contributed by atoms with van der Waals surface area (Å²) in [5, 5.41) is 8.72. The van der Waals surface area contributed by atoms with Crippen molar-refractivity contribution in [1.82, 2.24) is 4.90 Å². The standard InChI is InChI=1S/C10H18N2/c1-3-4-9(2)12-6-5-10(7-11)8-12/h9-10H,3-6,8H2,1-2H3/t9-,10-/m1/s1. The Kier molecular flexibility index (Phi) is 3.55. The van der Waals surface area contributed by atoms with Gasteiger partial charge >= 0.3 is 0 Å². The average molecular weight is 166 g/mol. The molecule has 1 rings (SSSR count). The number of likely N-dealkylation sites (tertiary alicyclic amines) is 1. The van der Waals surface area contributed by atoms with E-state index < -0.39 is 0 Å². The van der Waals surface area contributed by atoms with Crippen molar-refractivity contribution in [3.8, 4) is 6.07 Å².